The number of carbonyl (C=O) groups excluding carboxylic acids is 2. The molecule has 2 heterocycles. The fraction of sp³-hybridized carbons (Fsp3) is 0.391. The summed E-state index contributed by atoms with van der Waals surface area (Å²) in [4.78, 5) is 29.0. The molecule has 1 atom stereocenters. The predicted molar refractivity (Wildman–Crippen MR) is 124 cm³/mol. The molecule has 2 aliphatic heterocycles. The van der Waals surface area contributed by atoms with Crippen LogP contribution >= 0.6 is 23.4 Å². The predicted octanol–water partition coefficient (Wildman–Crippen LogP) is 6.36. The summed E-state index contributed by atoms with van der Waals surface area (Å²) in [6.45, 7) is 15.0. The van der Waals surface area contributed by atoms with Crippen LogP contribution in [0.25, 0.3) is 11.6 Å². The topological polar surface area (TPSA) is 40.6 Å². The van der Waals surface area contributed by atoms with Crippen molar-refractivity contribution in [2.24, 2.45) is 0 Å². The number of benzene rings is 1. The van der Waals surface area contributed by atoms with Crippen LogP contribution in [-0.2, 0) is 4.79 Å². The zero-order valence-corrected chi connectivity index (χ0v) is 19.2. The highest BCUT2D eigenvalue weighted by atomic mass is 35.5. The van der Waals surface area contributed by atoms with Gasteiger partial charge in [0.2, 0.25) is 0 Å². The van der Waals surface area contributed by atoms with Gasteiger partial charge in [0.1, 0.15) is 0 Å². The van der Waals surface area contributed by atoms with E-state index in [1.54, 1.807) is 19.1 Å². The average molecular weight is 431 g/mol. The summed E-state index contributed by atoms with van der Waals surface area (Å²) < 4.78 is 0. The maximum atomic E-state index is 12.7. The first-order valence-corrected chi connectivity index (χ1v) is 11.0. The quantitative estimate of drug-likeness (QED) is 0.402. The summed E-state index contributed by atoms with van der Waals surface area (Å²) in [5.74, 6) is -0.304. The summed E-state index contributed by atoms with van der Waals surface area (Å²) in [7, 11) is 0. The molecule has 1 aromatic rings. The van der Waals surface area contributed by atoms with Gasteiger partial charge in [-0.2, -0.15) is 0 Å². The molecule has 1 saturated heterocycles. The molecule has 3 rings (SSSR count). The van der Waals surface area contributed by atoms with E-state index in [9.17, 15) is 9.59 Å². The Labute approximate surface area is 182 Å². The highest BCUT2D eigenvalue weighted by Gasteiger charge is 2.37. The molecule has 1 unspecified atom stereocenters. The van der Waals surface area contributed by atoms with Crippen LogP contribution in [0.3, 0.4) is 0 Å². The number of anilines is 1. The molecular formula is C23H27ClN2O2S. The first-order valence-electron chi connectivity index (χ1n) is 9.81. The molecule has 2 amide bonds. The third-order valence-electron chi connectivity index (χ3n) is 5.40. The molecular weight excluding hydrogens is 404 g/mol. The Balaban J connectivity index is 2.05. The van der Waals surface area contributed by atoms with Crippen molar-refractivity contribution in [3.63, 3.8) is 0 Å². The van der Waals surface area contributed by atoms with Crippen molar-refractivity contribution >= 4 is 51.8 Å². The molecule has 6 heteroatoms. The number of thioether (sulfide) groups is 1. The number of rotatable bonds is 5. The molecule has 4 nitrogen and oxygen atoms in total. The first kappa shape index (κ1) is 21.7. The molecule has 0 aromatic heterocycles. The maximum Gasteiger partial charge on any atom is 0.294 e. The van der Waals surface area contributed by atoms with Gasteiger partial charge in [-0.15, -0.1) is 6.58 Å². The van der Waals surface area contributed by atoms with Gasteiger partial charge in [0.15, 0.2) is 0 Å². The van der Waals surface area contributed by atoms with E-state index >= 15 is 0 Å². The van der Waals surface area contributed by atoms with Gasteiger partial charge in [0, 0.05) is 22.8 Å². The Kier molecular flexibility index (Phi) is 6.02. The number of amides is 2. The molecule has 2 aliphatic rings. The van der Waals surface area contributed by atoms with Crippen LogP contribution in [0.1, 0.15) is 52.2 Å². The van der Waals surface area contributed by atoms with E-state index in [0.717, 1.165) is 41.5 Å². The van der Waals surface area contributed by atoms with Crippen LogP contribution in [0.2, 0.25) is 5.02 Å². The normalized spacial score (nSPS) is 20.8. The van der Waals surface area contributed by atoms with Crippen molar-refractivity contribution in [1.82, 2.24) is 4.90 Å². The Morgan fingerprint density at radius 2 is 2.00 bits per heavy atom. The SMILES string of the molecule is C=CC(C)N1C(=O)S/C(=C/c2cc3c(cc2Cl)N(CCC)C(C)(C)C=C3C)C1=O. The van der Waals surface area contributed by atoms with Gasteiger partial charge < -0.3 is 4.90 Å². The van der Waals surface area contributed by atoms with E-state index in [-0.39, 0.29) is 22.7 Å². The van der Waals surface area contributed by atoms with Crippen LogP contribution in [0.4, 0.5) is 10.5 Å². The minimum absolute atomic E-state index is 0.0958. The smallest absolute Gasteiger partial charge is 0.294 e. The van der Waals surface area contributed by atoms with Crippen LogP contribution < -0.4 is 4.90 Å². The van der Waals surface area contributed by atoms with Crippen molar-refractivity contribution < 1.29 is 9.59 Å². The third-order valence-corrected chi connectivity index (χ3v) is 6.61. The third kappa shape index (κ3) is 3.90. The van der Waals surface area contributed by atoms with Gasteiger partial charge >= 0.3 is 0 Å². The largest absolute Gasteiger partial charge is 0.362 e. The van der Waals surface area contributed by atoms with Crippen LogP contribution in [0.5, 0.6) is 0 Å². The minimum Gasteiger partial charge on any atom is -0.362 e. The lowest BCUT2D eigenvalue weighted by Gasteiger charge is -2.43. The Morgan fingerprint density at radius 3 is 2.62 bits per heavy atom. The summed E-state index contributed by atoms with van der Waals surface area (Å²) in [6, 6.07) is 3.65. The molecule has 0 spiro atoms. The number of hydrogen-bond acceptors (Lipinski definition) is 4. The molecule has 0 aliphatic carbocycles. The Morgan fingerprint density at radius 1 is 1.31 bits per heavy atom. The van der Waals surface area contributed by atoms with Gasteiger partial charge in [0.25, 0.3) is 11.1 Å². The summed E-state index contributed by atoms with van der Waals surface area (Å²) in [5, 5.41) is 0.286. The average Bonchev–Trinajstić information content (AvgIpc) is 2.92. The van der Waals surface area contributed by atoms with Crippen molar-refractivity contribution in [3.05, 3.63) is 51.9 Å². The van der Waals surface area contributed by atoms with Crippen LogP contribution in [0, 0.1) is 0 Å². The van der Waals surface area contributed by atoms with Gasteiger partial charge in [-0.05, 0) is 75.2 Å². The molecule has 29 heavy (non-hydrogen) atoms. The molecule has 0 N–H and O–H groups in total. The number of fused-ring (bicyclic) bond motifs is 1. The second-order valence-electron chi connectivity index (χ2n) is 8.05. The first-order chi connectivity index (χ1) is 13.6. The van der Waals surface area contributed by atoms with Gasteiger partial charge in [-0.1, -0.05) is 30.7 Å². The molecule has 0 bridgehead atoms. The van der Waals surface area contributed by atoms with Crippen LogP contribution in [0.15, 0.2) is 35.8 Å². The lowest BCUT2D eigenvalue weighted by atomic mass is 9.87. The second-order valence-corrected chi connectivity index (χ2v) is 9.45. The fourth-order valence-corrected chi connectivity index (χ4v) is 5.05. The number of hydrogen-bond donors (Lipinski definition) is 0. The lowest BCUT2D eigenvalue weighted by molar-refractivity contribution is -0.123. The van der Waals surface area contributed by atoms with E-state index in [2.05, 4.69) is 45.2 Å². The fourth-order valence-electron chi connectivity index (χ4n) is 3.94. The van der Waals surface area contributed by atoms with E-state index < -0.39 is 0 Å². The Bertz CT molecular complexity index is 948. The second kappa shape index (κ2) is 8.04. The van der Waals surface area contributed by atoms with Crippen molar-refractivity contribution in [2.45, 2.75) is 52.6 Å². The molecule has 0 radical (unpaired) electrons. The number of carbonyl (C=O) groups is 2. The van der Waals surface area contributed by atoms with Crippen molar-refractivity contribution in [3.8, 4) is 0 Å². The molecule has 0 saturated carbocycles. The highest BCUT2D eigenvalue weighted by molar-refractivity contribution is 8.18. The van der Waals surface area contributed by atoms with Crippen molar-refractivity contribution in [1.29, 1.82) is 0 Å². The van der Waals surface area contributed by atoms with Crippen molar-refractivity contribution in [2.75, 3.05) is 11.4 Å². The zero-order chi connectivity index (χ0) is 21.5. The molecule has 154 valence electrons. The number of imide groups is 1. The highest BCUT2D eigenvalue weighted by Crippen LogP contribution is 2.43. The molecule has 1 aromatic carbocycles. The van der Waals surface area contributed by atoms with Gasteiger partial charge in [-0.25, -0.2) is 0 Å². The van der Waals surface area contributed by atoms with E-state index in [1.165, 1.54) is 10.5 Å². The standard InChI is InChI=1S/C23H27ClN2O2S/c1-7-9-25-19-12-18(24)16(10-17(19)14(3)13-23(25,5)6)11-20-21(27)26(15(4)8-2)22(28)29-20/h8,10-13,15H,2,7,9H2,1,3-6H3/b20-11+. The van der Waals surface area contributed by atoms with Gasteiger partial charge in [0.05, 0.1) is 16.5 Å². The summed E-state index contributed by atoms with van der Waals surface area (Å²) in [5.41, 5.74) is 4.03. The van der Waals surface area contributed by atoms with E-state index in [4.69, 9.17) is 11.6 Å². The summed E-state index contributed by atoms with van der Waals surface area (Å²) >= 11 is 7.57. The maximum absolute atomic E-state index is 12.7. The summed E-state index contributed by atoms with van der Waals surface area (Å²) in [6.07, 6.45) is 6.61. The minimum atomic E-state index is -0.345. The lowest BCUT2D eigenvalue weighted by Crippen LogP contribution is -2.45. The number of halogens is 1. The number of allylic oxidation sites excluding steroid dienone is 1. The monoisotopic (exact) mass is 430 g/mol. The number of nitrogens with zero attached hydrogens (tertiary/aromatic N) is 2. The Hall–Kier alpha value is -1.98. The zero-order valence-electron chi connectivity index (χ0n) is 17.6. The van der Waals surface area contributed by atoms with Crippen LogP contribution in [-0.4, -0.2) is 34.2 Å². The van der Waals surface area contributed by atoms with Gasteiger partial charge in [-0.3, -0.25) is 14.5 Å². The van der Waals surface area contributed by atoms with E-state index in [1.807, 2.05) is 12.1 Å². The molecule has 1 fully saturated rings. The van der Waals surface area contributed by atoms with E-state index in [0.29, 0.717) is 9.93 Å².